The lowest BCUT2D eigenvalue weighted by molar-refractivity contribution is -0.168. The van der Waals surface area contributed by atoms with Crippen molar-refractivity contribution in [2.75, 3.05) is 7.05 Å². The van der Waals surface area contributed by atoms with E-state index in [9.17, 15) is 12.8 Å². The predicted octanol–water partition coefficient (Wildman–Crippen LogP) is 2.99. The Labute approximate surface area is 140 Å². The summed E-state index contributed by atoms with van der Waals surface area (Å²) < 4.78 is 43.7. The fraction of sp³-hybridized carbons (Fsp3) is 0.562. The second-order valence-corrected chi connectivity index (χ2v) is 9.94. The van der Waals surface area contributed by atoms with Gasteiger partial charge >= 0.3 is 0 Å². The van der Waals surface area contributed by atoms with Gasteiger partial charge in [0.15, 0.2) is 15.4 Å². The summed E-state index contributed by atoms with van der Waals surface area (Å²) in [5, 5.41) is 5.01. The fourth-order valence-electron chi connectivity index (χ4n) is 3.16. The summed E-state index contributed by atoms with van der Waals surface area (Å²) in [7, 11) is -2.08. The average Bonchev–Trinajstić information content (AvgIpc) is 2.98. The number of nitrogens with zero attached hydrogens (tertiary/aromatic N) is 2. The summed E-state index contributed by atoms with van der Waals surface area (Å²) >= 11 is 0. The third-order valence-electron chi connectivity index (χ3n) is 4.54. The second-order valence-electron chi connectivity index (χ2n) is 7.28. The highest BCUT2D eigenvalue weighted by Crippen LogP contribution is 2.42. The maximum atomic E-state index is 13.3. The highest BCUT2D eigenvalue weighted by atomic mass is 32.2. The topological polar surface area (TPSA) is 72.6 Å². The number of halogens is 1. The maximum Gasteiger partial charge on any atom is 0.179 e. The van der Waals surface area contributed by atoms with Crippen molar-refractivity contribution in [2.24, 2.45) is 0 Å². The molecule has 6 nitrogen and oxygen atoms in total. The lowest BCUT2D eigenvalue weighted by atomic mass is 10.1. The van der Waals surface area contributed by atoms with Crippen molar-refractivity contribution in [3.63, 3.8) is 0 Å². The summed E-state index contributed by atoms with van der Waals surface area (Å²) in [6.07, 6.45) is 0.347. The first kappa shape index (κ1) is 17.3. The molecule has 3 rings (SSSR count). The summed E-state index contributed by atoms with van der Waals surface area (Å²) in [6, 6.07) is 3.95. The molecule has 1 unspecified atom stereocenters. The lowest BCUT2D eigenvalue weighted by Crippen LogP contribution is -2.43. The van der Waals surface area contributed by atoms with E-state index in [-0.39, 0.29) is 11.3 Å². The molecular weight excluding hydrogens is 335 g/mol. The molecule has 2 aromatic rings. The number of aromatic nitrogens is 1. The Kier molecular flexibility index (Phi) is 3.78. The van der Waals surface area contributed by atoms with Crippen LogP contribution in [0.5, 0.6) is 0 Å². The summed E-state index contributed by atoms with van der Waals surface area (Å²) in [5.41, 5.74) is -0.0577. The molecule has 0 amide bonds. The van der Waals surface area contributed by atoms with Gasteiger partial charge in [0, 0.05) is 24.9 Å². The second kappa shape index (κ2) is 5.24. The Morgan fingerprint density at radius 3 is 2.62 bits per heavy atom. The molecule has 1 aromatic carbocycles. The first-order valence-corrected chi connectivity index (χ1v) is 9.21. The zero-order valence-electron chi connectivity index (χ0n) is 14.3. The van der Waals surface area contributed by atoms with Crippen LogP contribution in [0.25, 0.3) is 11.0 Å². The van der Waals surface area contributed by atoms with Crippen LogP contribution in [0, 0.1) is 5.82 Å². The molecule has 8 heteroatoms. The third kappa shape index (κ3) is 2.53. The van der Waals surface area contributed by atoms with Crippen molar-refractivity contribution >= 4 is 20.8 Å². The number of hydrogen-bond donors (Lipinski definition) is 0. The van der Waals surface area contributed by atoms with Crippen LogP contribution in [-0.4, -0.2) is 36.7 Å². The summed E-state index contributed by atoms with van der Waals surface area (Å²) in [6.45, 7) is 6.87. The predicted molar refractivity (Wildman–Crippen MR) is 87.2 cm³/mol. The van der Waals surface area contributed by atoms with Gasteiger partial charge in [-0.2, -0.15) is 5.06 Å². The van der Waals surface area contributed by atoms with E-state index in [2.05, 4.69) is 5.16 Å². The van der Waals surface area contributed by atoms with Crippen LogP contribution in [0.1, 0.15) is 39.8 Å². The lowest BCUT2D eigenvalue weighted by Gasteiger charge is -2.28. The zero-order chi connectivity index (χ0) is 17.9. The first-order chi connectivity index (χ1) is 11.0. The van der Waals surface area contributed by atoms with Gasteiger partial charge in [-0.25, -0.2) is 12.8 Å². The minimum Gasteiger partial charge on any atom is -0.356 e. The molecule has 1 aromatic heterocycles. The van der Waals surface area contributed by atoms with Gasteiger partial charge in [0.1, 0.15) is 21.6 Å². The number of sulfone groups is 1. The summed E-state index contributed by atoms with van der Waals surface area (Å²) in [5.74, 6) is -0.462. The van der Waals surface area contributed by atoms with Crippen LogP contribution in [0.4, 0.5) is 4.39 Å². The van der Waals surface area contributed by atoms with Gasteiger partial charge in [-0.1, -0.05) is 5.16 Å². The van der Waals surface area contributed by atoms with E-state index in [0.717, 1.165) is 0 Å². The Bertz CT molecular complexity index is 889. The molecule has 1 aliphatic heterocycles. The number of benzene rings is 1. The Hall–Kier alpha value is -1.51. The third-order valence-corrected chi connectivity index (χ3v) is 7.33. The van der Waals surface area contributed by atoms with Crippen LogP contribution < -0.4 is 0 Å². The van der Waals surface area contributed by atoms with Crippen molar-refractivity contribution in [1.82, 2.24) is 10.2 Å². The van der Waals surface area contributed by atoms with Gasteiger partial charge in [0.05, 0.1) is 5.60 Å². The Balaban J connectivity index is 2.08. The van der Waals surface area contributed by atoms with Crippen LogP contribution in [0.15, 0.2) is 22.7 Å². The van der Waals surface area contributed by atoms with E-state index in [1.54, 1.807) is 20.9 Å². The molecule has 0 saturated carbocycles. The number of hydrogen-bond acceptors (Lipinski definition) is 6. The first-order valence-electron chi connectivity index (χ1n) is 7.66. The van der Waals surface area contributed by atoms with E-state index < -0.39 is 31.4 Å². The minimum absolute atomic E-state index is 0.227. The SMILES string of the molecule is CN1OC(C)(C)CC1S(=O)(=O)C(C)(C)c1noc2cc(F)ccc12. The van der Waals surface area contributed by atoms with Crippen molar-refractivity contribution in [2.45, 2.75) is 49.8 Å². The standard InChI is InChI=1S/C16H21FN2O4S/c1-15(2)9-13(19(5)23-15)24(20,21)16(3,4)14-11-7-6-10(17)8-12(11)22-18-14/h6-8,13H,9H2,1-5H3. The molecule has 0 aliphatic carbocycles. The van der Waals surface area contributed by atoms with Crippen LogP contribution >= 0.6 is 0 Å². The largest absolute Gasteiger partial charge is 0.356 e. The molecule has 0 spiro atoms. The molecule has 0 radical (unpaired) electrons. The quantitative estimate of drug-likeness (QED) is 0.842. The molecule has 1 aliphatic rings. The van der Waals surface area contributed by atoms with Gasteiger partial charge in [0.2, 0.25) is 0 Å². The fourth-order valence-corrected chi connectivity index (χ4v) is 5.31. The van der Waals surface area contributed by atoms with Crippen molar-refractivity contribution < 1.29 is 22.2 Å². The zero-order valence-corrected chi connectivity index (χ0v) is 15.1. The number of hydroxylamine groups is 2. The Morgan fingerprint density at radius 1 is 1.38 bits per heavy atom. The molecule has 0 bridgehead atoms. The molecule has 0 N–H and O–H groups in total. The highest BCUT2D eigenvalue weighted by molar-refractivity contribution is 7.92. The van der Waals surface area contributed by atoms with Gasteiger partial charge in [-0.15, -0.1) is 0 Å². The van der Waals surface area contributed by atoms with E-state index in [1.165, 1.54) is 23.3 Å². The smallest absolute Gasteiger partial charge is 0.179 e. The van der Waals surface area contributed by atoms with Gasteiger partial charge in [-0.05, 0) is 39.8 Å². The van der Waals surface area contributed by atoms with E-state index in [4.69, 9.17) is 9.36 Å². The molecular formula is C16H21FN2O4S. The monoisotopic (exact) mass is 356 g/mol. The average molecular weight is 356 g/mol. The van der Waals surface area contributed by atoms with E-state index in [0.29, 0.717) is 11.8 Å². The molecule has 24 heavy (non-hydrogen) atoms. The van der Waals surface area contributed by atoms with Crippen molar-refractivity contribution in [3.8, 4) is 0 Å². The Morgan fingerprint density at radius 2 is 2.04 bits per heavy atom. The highest BCUT2D eigenvalue weighted by Gasteiger charge is 2.52. The minimum atomic E-state index is -3.70. The summed E-state index contributed by atoms with van der Waals surface area (Å²) in [4.78, 5) is 5.62. The van der Waals surface area contributed by atoms with Gasteiger partial charge in [-0.3, -0.25) is 4.84 Å². The molecule has 1 fully saturated rings. The molecule has 2 heterocycles. The normalized spacial score (nSPS) is 22.3. The van der Waals surface area contributed by atoms with E-state index in [1.807, 2.05) is 13.8 Å². The number of rotatable bonds is 3. The van der Waals surface area contributed by atoms with E-state index >= 15 is 0 Å². The van der Waals surface area contributed by atoms with Gasteiger partial charge in [0.25, 0.3) is 0 Å². The maximum absolute atomic E-state index is 13.3. The van der Waals surface area contributed by atoms with Gasteiger partial charge < -0.3 is 4.52 Å². The van der Waals surface area contributed by atoms with Crippen molar-refractivity contribution in [3.05, 3.63) is 29.7 Å². The van der Waals surface area contributed by atoms with Crippen LogP contribution in [0.3, 0.4) is 0 Å². The number of fused-ring (bicyclic) bond motifs is 1. The van der Waals surface area contributed by atoms with Crippen molar-refractivity contribution in [1.29, 1.82) is 0 Å². The molecule has 1 saturated heterocycles. The van der Waals surface area contributed by atoms with Crippen LogP contribution in [-0.2, 0) is 19.4 Å². The molecule has 1 atom stereocenters. The molecule has 132 valence electrons. The van der Waals surface area contributed by atoms with Crippen LogP contribution in [0.2, 0.25) is 0 Å².